The minimum atomic E-state index is -3.25. The summed E-state index contributed by atoms with van der Waals surface area (Å²) in [5.41, 5.74) is 7.57. The normalized spacial score (nSPS) is 21.0. The van der Waals surface area contributed by atoms with Crippen LogP contribution in [0.15, 0.2) is 53.4 Å². The Balaban J connectivity index is 1.78. The Morgan fingerprint density at radius 2 is 1.96 bits per heavy atom. The fourth-order valence-electron chi connectivity index (χ4n) is 3.32. The number of ether oxygens (including phenoxy) is 1. The van der Waals surface area contributed by atoms with Crippen LogP contribution in [0.1, 0.15) is 23.5 Å². The molecule has 1 saturated heterocycles. The predicted molar refractivity (Wildman–Crippen MR) is 98.5 cm³/mol. The second-order valence-electron chi connectivity index (χ2n) is 6.49. The van der Waals surface area contributed by atoms with Gasteiger partial charge in [-0.25, -0.2) is 8.42 Å². The second kappa shape index (κ2) is 7.56. The first-order valence-electron chi connectivity index (χ1n) is 8.42. The molecule has 2 unspecified atom stereocenters. The zero-order chi connectivity index (χ0) is 17.9. The molecule has 5 nitrogen and oxygen atoms in total. The lowest BCUT2D eigenvalue weighted by Crippen LogP contribution is -2.41. The van der Waals surface area contributed by atoms with Gasteiger partial charge < -0.3 is 15.8 Å². The molecular formula is C19H24N2O3S. The topological polar surface area (TPSA) is 81.4 Å². The van der Waals surface area contributed by atoms with Gasteiger partial charge in [0.2, 0.25) is 0 Å². The number of nitrogens with two attached hydrogens (primary N) is 1. The van der Waals surface area contributed by atoms with Crippen LogP contribution in [0, 0.1) is 0 Å². The summed E-state index contributed by atoms with van der Waals surface area (Å²) < 4.78 is 30.3. The molecule has 0 amide bonds. The first-order chi connectivity index (χ1) is 12.0. The van der Waals surface area contributed by atoms with Crippen LogP contribution in [0.25, 0.3) is 0 Å². The first kappa shape index (κ1) is 17.9. The largest absolute Gasteiger partial charge is 0.489 e. The fraction of sp³-hybridized carbons (Fsp3) is 0.368. The van der Waals surface area contributed by atoms with E-state index in [0.717, 1.165) is 36.4 Å². The summed E-state index contributed by atoms with van der Waals surface area (Å²) in [7, 11) is -3.25. The fourth-order valence-corrected chi connectivity index (χ4v) is 4.31. The van der Waals surface area contributed by atoms with Crippen molar-refractivity contribution >= 4 is 9.84 Å². The van der Waals surface area contributed by atoms with Crippen molar-refractivity contribution in [2.24, 2.45) is 5.73 Å². The van der Waals surface area contributed by atoms with Gasteiger partial charge in [0.05, 0.1) is 4.90 Å². The smallest absolute Gasteiger partial charge is 0.175 e. The summed E-state index contributed by atoms with van der Waals surface area (Å²) in [5, 5.41) is 3.37. The molecule has 6 heteroatoms. The Morgan fingerprint density at radius 1 is 1.16 bits per heavy atom. The minimum absolute atomic E-state index is 0.0145. The molecule has 1 heterocycles. The van der Waals surface area contributed by atoms with Gasteiger partial charge in [-0.15, -0.1) is 0 Å². The van der Waals surface area contributed by atoms with Crippen molar-refractivity contribution in [1.29, 1.82) is 0 Å². The third kappa shape index (κ3) is 4.39. The summed E-state index contributed by atoms with van der Waals surface area (Å²) in [6.45, 7) is 1.96. The molecule has 0 aliphatic carbocycles. The number of sulfone groups is 1. The third-order valence-electron chi connectivity index (χ3n) is 4.51. The molecule has 0 spiro atoms. The van der Waals surface area contributed by atoms with Crippen LogP contribution in [0.5, 0.6) is 5.75 Å². The van der Waals surface area contributed by atoms with E-state index in [2.05, 4.69) is 5.32 Å². The van der Waals surface area contributed by atoms with Crippen LogP contribution in [0.4, 0.5) is 0 Å². The average molecular weight is 360 g/mol. The summed E-state index contributed by atoms with van der Waals surface area (Å²) in [6.07, 6.45) is 2.01. The van der Waals surface area contributed by atoms with E-state index in [9.17, 15) is 8.42 Å². The van der Waals surface area contributed by atoms with Gasteiger partial charge in [0.15, 0.2) is 9.84 Å². The first-order valence-corrected chi connectivity index (χ1v) is 10.3. The molecule has 1 aliphatic heterocycles. The number of piperidine rings is 1. The van der Waals surface area contributed by atoms with Crippen LogP contribution in [0.3, 0.4) is 0 Å². The average Bonchev–Trinajstić information content (AvgIpc) is 2.61. The Morgan fingerprint density at radius 3 is 2.72 bits per heavy atom. The highest BCUT2D eigenvalue weighted by Crippen LogP contribution is 2.30. The molecule has 3 rings (SSSR count). The van der Waals surface area contributed by atoms with Crippen LogP contribution in [0.2, 0.25) is 0 Å². The highest BCUT2D eigenvalue weighted by molar-refractivity contribution is 7.90. The van der Waals surface area contributed by atoms with E-state index in [1.54, 1.807) is 12.1 Å². The Bertz CT molecular complexity index is 836. The second-order valence-corrected chi connectivity index (χ2v) is 8.48. The number of benzene rings is 2. The molecule has 2 atom stereocenters. The van der Waals surface area contributed by atoms with Gasteiger partial charge in [-0.05, 0) is 35.7 Å². The molecular weight excluding hydrogens is 336 g/mol. The summed E-state index contributed by atoms with van der Waals surface area (Å²) in [5.74, 6) is 0.897. The maximum Gasteiger partial charge on any atom is 0.175 e. The number of nitrogens with one attached hydrogen (secondary N) is 1. The molecule has 0 saturated carbocycles. The Labute approximate surface area is 149 Å². The minimum Gasteiger partial charge on any atom is -0.489 e. The van der Waals surface area contributed by atoms with Crippen molar-refractivity contribution in [1.82, 2.24) is 5.32 Å². The van der Waals surface area contributed by atoms with Crippen molar-refractivity contribution in [3.8, 4) is 5.75 Å². The lowest BCUT2D eigenvalue weighted by atomic mass is 9.90. The molecule has 134 valence electrons. The molecule has 1 aliphatic rings. The maximum absolute atomic E-state index is 12.1. The predicted octanol–water partition coefficient (Wildman–Crippen LogP) is 2.07. The van der Waals surface area contributed by atoms with Crippen molar-refractivity contribution in [3.05, 3.63) is 59.7 Å². The van der Waals surface area contributed by atoms with Crippen LogP contribution in [-0.2, 0) is 16.4 Å². The lowest BCUT2D eigenvalue weighted by molar-refractivity contribution is 0.155. The van der Waals surface area contributed by atoms with E-state index < -0.39 is 9.84 Å². The molecule has 0 bridgehead atoms. The van der Waals surface area contributed by atoms with Gasteiger partial charge in [-0.3, -0.25) is 0 Å². The van der Waals surface area contributed by atoms with E-state index in [0.29, 0.717) is 11.4 Å². The lowest BCUT2D eigenvalue weighted by Gasteiger charge is -2.31. The SMILES string of the molecule is CS(=O)(=O)c1ccccc1C1CNCC(Oc2cccc(CN)c2)C1. The molecule has 2 aromatic rings. The third-order valence-corrected chi connectivity index (χ3v) is 5.68. The number of rotatable bonds is 5. The number of hydrogen-bond donors (Lipinski definition) is 2. The van der Waals surface area contributed by atoms with E-state index >= 15 is 0 Å². The monoisotopic (exact) mass is 360 g/mol. The van der Waals surface area contributed by atoms with Crippen molar-refractivity contribution in [2.75, 3.05) is 19.3 Å². The molecule has 3 N–H and O–H groups in total. The van der Waals surface area contributed by atoms with Crippen molar-refractivity contribution in [2.45, 2.75) is 29.9 Å². The molecule has 1 fully saturated rings. The zero-order valence-electron chi connectivity index (χ0n) is 14.3. The summed E-state index contributed by atoms with van der Waals surface area (Å²) in [6, 6.07) is 15.0. The van der Waals surface area contributed by atoms with Gasteiger partial charge in [-0.2, -0.15) is 0 Å². The highest BCUT2D eigenvalue weighted by atomic mass is 32.2. The molecule has 0 radical (unpaired) electrons. The van der Waals surface area contributed by atoms with E-state index in [1.807, 2.05) is 36.4 Å². The highest BCUT2D eigenvalue weighted by Gasteiger charge is 2.27. The van der Waals surface area contributed by atoms with Crippen LogP contribution >= 0.6 is 0 Å². The van der Waals surface area contributed by atoms with Gasteiger partial charge >= 0.3 is 0 Å². The number of hydrogen-bond acceptors (Lipinski definition) is 5. The van der Waals surface area contributed by atoms with Crippen LogP contribution in [-0.4, -0.2) is 33.9 Å². The van der Waals surface area contributed by atoms with Gasteiger partial charge in [0.25, 0.3) is 0 Å². The molecule has 0 aromatic heterocycles. The maximum atomic E-state index is 12.1. The van der Waals surface area contributed by atoms with E-state index in [4.69, 9.17) is 10.5 Å². The summed E-state index contributed by atoms with van der Waals surface area (Å²) >= 11 is 0. The Hall–Kier alpha value is -1.89. The van der Waals surface area contributed by atoms with Crippen LogP contribution < -0.4 is 15.8 Å². The van der Waals surface area contributed by atoms with E-state index in [1.165, 1.54) is 6.26 Å². The standard InChI is InChI=1S/C19H24N2O3S/c1-25(22,23)19-8-3-2-7-18(19)15-10-17(13-21-12-15)24-16-6-4-5-14(9-16)11-20/h2-9,15,17,21H,10-13,20H2,1H3. The zero-order valence-corrected chi connectivity index (χ0v) is 15.1. The van der Waals surface area contributed by atoms with Gasteiger partial charge in [0.1, 0.15) is 11.9 Å². The van der Waals surface area contributed by atoms with Gasteiger partial charge in [0, 0.05) is 31.8 Å². The summed E-state index contributed by atoms with van der Waals surface area (Å²) in [4.78, 5) is 0.410. The quantitative estimate of drug-likeness (QED) is 0.853. The Kier molecular flexibility index (Phi) is 5.42. The molecule has 25 heavy (non-hydrogen) atoms. The van der Waals surface area contributed by atoms with E-state index in [-0.39, 0.29) is 12.0 Å². The molecule has 2 aromatic carbocycles. The van der Waals surface area contributed by atoms with Crippen molar-refractivity contribution < 1.29 is 13.2 Å². The van der Waals surface area contributed by atoms with Crippen molar-refractivity contribution in [3.63, 3.8) is 0 Å². The van der Waals surface area contributed by atoms with Gasteiger partial charge in [-0.1, -0.05) is 30.3 Å².